The van der Waals surface area contributed by atoms with E-state index >= 15 is 0 Å². The molecule has 0 heterocycles. The third-order valence-corrected chi connectivity index (χ3v) is 3.47. The van der Waals surface area contributed by atoms with Crippen LogP contribution in [0.15, 0.2) is 18.2 Å². The molecule has 2 N–H and O–H groups in total. The Hall–Kier alpha value is -1.000. The summed E-state index contributed by atoms with van der Waals surface area (Å²) >= 11 is 1.54. The van der Waals surface area contributed by atoms with E-state index in [1.807, 2.05) is 32.0 Å². The number of carbonyl (C=O) groups excluding carboxylic acids is 1. The zero-order valence-electron chi connectivity index (χ0n) is 10.3. The Kier molecular flexibility index (Phi) is 6.08. The quantitative estimate of drug-likeness (QED) is 0.765. The fraction of sp³-hybridized carbons (Fsp3) is 0.462. The van der Waals surface area contributed by atoms with Crippen molar-refractivity contribution in [1.82, 2.24) is 0 Å². The Morgan fingerprint density at radius 1 is 1.35 bits per heavy atom. The molecule has 0 aliphatic rings. The van der Waals surface area contributed by atoms with Gasteiger partial charge >= 0.3 is 0 Å². The van der Waals surface area contributed by atoms with Gasteiger partial charge in [-0.25, -0.2) is 0 Å². The predicted octanol–water partition coefficient (Wildman–Crippen LogP) is 2.36. The Morgan fingerprint density at radius 3 is 2.59 bits per heavy atom. The fourth-order valence-electron chi connectivity index (χ4n) is 1.52. The van der Waals surface area contributed by atoms with E-state index in [9.17, 15) is 4.79 Å². The molecule has 94 valence electrons. The number of carbonyl (C=O) groups is 1. The highest BCUT2D eigenvalue weighted by atomic mass is 32.2. The molecule has 3 nitrogen and oxygen atoms in total. The SMILES string of the molecule is Cc1cccc(C)c1NC(=O)CSCCCO. The lowest BCUT2D eigenvalue weighted by molar-refractivity contribution is -0.113. The van der Waals surface area contributed by atoms with E-state index < -0.39 is 0 Å². The molecule has 1 aromatic carbocycles. The van der Waals surface area contributed by atoms with E-state index in [0.29, 0.717) is 5.75 Å². The third kappa shape index (κ3) is 4.79. The number of hydrogen-bond donors (Lipinski definition) is 2. The number of nitrogens with one attached hydrogen (secondary N) is 1. The van der Waals surface area contributed by atoms with Gasteiger partial charge in [-0.3, -0.25) is 4.79 Å². The van der Waals surface area contributed by atoms with E-state index in [2.05, 4.69) is 5.32 Å². The topological polar surface area (TPSA) is 49.3 Å². The van der Waals surface area contributed by atoms with Crippen molar-refractivity contribution in [2.24, 2.45) is 0 Å². The van der Waals surface area contributed by atoms with Crippen molar-refractivity contribution in [1.29, 1.82) is 0 Å². The first-order chi connectivity index (χ1) is 8.15. The van der Waals surface area contributed by atoms with E-state index in [1.54, 1.807) is 11.8 Å². The monoisotopic (exact) mass is 253 g/mol. The third-order valence-electron chi connectivity index (χ3n) is 2.43. The van der Waals surface area contributed by atoms with Crippen LogP contribution in [0.2, 0.25) is 0 Å². The second-order valence-electron chi connectivity index (χ2n) is 3.94. The highest BCUT2D eigenvalue weighted by molar-refractivity contribution is 7.99. The van der Waals surface area contributed by atoms with Crippen molar-refractivity contribution in [2.45, 2.75) is 20.3 Å². The van der Waals surface area contributed by atoms with Gasteiger partial charge in [0.15, 0.2) is 0 Å². The van der Waals surface area contributed by atoms with Crippen molar-refractivity contribution >= 4 is 23.4 Å². The van der Waals surface area contributed by atoms with Gasteiger partial charge in [-0.2, -0.15) is 11.8 Å². The minimum atomic E-state index is 0.0188. The van der Waals surface area contributed by atoms with Crippen molar-refractivity contribution in [2.75, 3.05) is 23.4 Å². The largest absolute Gasteiger partial charge is 0.396 e. The Morgan fingerprint density at radius 2 is 2.00 bits per heavy atom. The second-order valence-corrected chi connectivity index (χ2v) is 5.05. The Balaban J connectivity index is 2.45. The van der Waals surface area contributed by atoms with Gasteiger partial charge in [-0.05, 0) is 37.1 Å². The average molecular weight is 253 g/mol. The number of anilines is 1. The van der Waals surface area contributed by atoms with Crippen LogP contribution in [0.25, 0.3) is 0 Å². The van der Waals surface area contributed by atoms with Crippen molar-refractivity contribution in [3.63, 3.8) is 0 Å². The Bertz CT molecular complexity index is 359. The van der Waals surface area contributed by atoms with Gasteiger partial charge in [0.2, 0.25) is 5.91 Å². The first kappa shape index (κ1) is 14.1. The van der Waals surface area contributed by atoms with Crippen LogP contribution in [0.1, 0.15) is 17.5 Å². The molecule has 0 unspecified atom stereocenters. The first-order valence-corrected chi connectivity index (χ1v) is 6.85. The fourth-order valence-corrected chi connectivity index (χ4v) is 2.25. The van der Waals surface area contributed by atoms with Crippen molar-refractivity contribution in [3.8, 4) is 0 Å². The zero-order valence-corrected chi connectivity index (χ0v) is 11.1. The summed E-state index contributed by atoms with van der Waals surface area (Å²) in [6, 6.07) is 5.96. The van der Waals surface area contributed by atoms with Gasteiger partial charge in [0.05, 0.1) is 5.75 Å². The maximum atomic E-state index is 11.7. The number of hydrogen-bond acceptors (Lipinski definition) is 3. The summed E-state index contributed by atoms with van der Waals surface area (Å²) < 4.78 is 0. The van der Waals surface area contributed by atoms with Crippen LogP contribution in [0.3, 0.4) is 0 Å². The number of aryl methyl sites for hydroxylation is 2. The molecule has 1 aromatic rings. The molecular formula is C13H19NO2S. The van der Waals surface area contributed by atoms with Gasteiger partial charge in [0.25, 0.3) is 0 Å². The molecule has 1 rings (SSSR count). The van der Waals surface area contributed by atoms with Crippen LogP contribution in [0.5, 0.6) is 0 Å². The van der Waals surface area contributed by atoms with Gasteiger partial charge in [0.1, 0.15) is 0 Å². The second kappa shape index (κ2) is 7.35. The molecule has 0 aromatic heterocycles. The molecule has 4 heteroatoms. The standard InChI is InChI=1S/C13H19NO2S/c1-10-5-3-6-11(2)13(10)14-12(16)9-17-8-4-7-15/h3,5-6,15H,4,7-9H2,1-2H3,(H,14,16). The molecule has 1 amide bonds. The summed E-state index contributed by atoms with van der Waals surface area (Å²) in [6.45, 7) is 4.16. The number of aliphatic hydroxyl groups excluding tert-OH is 1. The zero-order chi connectivity index (χ0) is 12.7. The molecule has 0 saturated carbocycles. The van der Waals surface area contributed by atoms with Crippen LogP contribution in [0.4, 0.5) is 5.69 Å². The maximum absolute atomic E-state index is 11.7. The molecule has 0 spiro atoms. The minimum Gasteiger partial charge on any atom is -0.396 e. The lowest BCUT2D eigenvalue weighted by Crippen LogP contribution is -2.16. The van der Waals surface area contributed by atoms with Crippen LogP contribution < -0.4 is 5.32 Å². The van der Waals surface area contributed by atoms with Gasteiger partial charge < -0.3 is 10.4 Å². The number of aliphatic hydroxyl groups is 1. The summed E-state index contributed by atoms with van der Waals surface area (Å²) in [7, 11) is 0. The van der Waals surface area contributed by atoms with Crippen molar-refractivity contribution < 1.29 is 9.90 Å². The molecule has 0 fully saturated rings. The first-order valence-electron chi connectivity index (χ1n) is 5.70. The lowest BCUT2D eigenvalue weighted by Gasteiger charge is -2.11. The molecule has 17 heavy (non-hydrogen) atoms. The highest BCUT2D eigenvalue weighted by Crippen LogP contribution is 2.19. The van der Waals surface area contributed by atoms with E-state index in [4.69, 9.17) is 5.11 Å². The van der Waals surface area contributed by atoms with Crippen LogP contribution in [0, 0.1) is 13.8 Å². The van der Waals surface area contributed by atoms with E-state index in [0.717, 1.165) is 29.0 Å². The van der Waals surface area contributed by atoms with Crippen molar-refractivity contribution in [3.05, 3.63) is 29.3 Å². The number of benzene rings is 1. The van der Waals surface area contributed by atoms with Crippen LogP contribution in [-0.2, 0) is 4.79 Å². The normalized spacial score (nSPS) is 10.3. The number of thioether (sulfide) groups is 1. The molecule has 0 aliphatic heterocycles. The summed E-state index contributed by atoms with van der Waals surface area (Å²) in [5.41, 5.74) is 3.08. The average Bonchev–Trinajstić information content (AvgIpc) is 2.30. The van der Waals surface area contributed by atoms with Crippen LogP contribution in [-0.4, -0.2) is 29.1 Å². The van der Waals surface area contributed by atoms with Gasteiger partial charge in [-0.15, -0.1) is 0 Å². The van der Waals surface area contributed by atoms with Crippen LogP contribution >= 0.6 is 11.8 Å². The minimum absolute atomic E-state index is 0.0188. The maximum Gasteiger partial charge on any atom is 0.234 e. The van der Waals surface area contributed by atoms with Gasteiger partial charge in [0, 0.05) is 12.3 Å². The predicted molar refractivity (Wildman–Crippen MR) is 73.6 cm³/mol. The summed E-state index contributed by atoms with van der Waals surface area (Å²) in [4.78, 5) is 11.7. The lowest BCUT2D eigenvalue weighted by atomic mass is 10.1. The molecule has 0 atom stereocenters. The molecule has 0 bridgehead atoms. The van der Waals surface area contributed by atoms with E-state index in [1.165, 1.54) is 0 Å². The molecule has 0 saturated heterocycles. The summed E-state index contributed by atoms with van der Waals surface area (Å²) in [5.74, 6) is 1.27. The number of amides is 1. The molecule has 0 aliphatic carbocycles. The summed E-state index contributed by atoms with van der Waals surface area (Å²) in [6.07, 6.45) is 0.737. The molecular weight excluding hydrogens is 234 g/mol. The summed E-state index contributed by atoms with van der Waals surface area (Å²) in [5, 5.41) is 11.6. The highest BCUT2D eigenvalue weighted by Gasteiger charge is 2.06. The number of rotatable bonds is 6. The Labute approximate surface area is 107 Å². The van der Waals surface area contributed by atoms with Gasteiger partial charge in [-0.1, -0.05) is 18.2 Å². The smallest absolute Gasteiger partial charge is 0.234 e. The number of para-hydroxylation sites is 1. The molecule has 0 radical (unpaired) electrons. The van der Waals surface area contributed by atoms with E-state index in [-0.39, 0.29) is 12.5 Å².